The molecule has 2 aliphatic heterocycles. The lowest BCUT2D eigenvalue weighted by Crippen LogP contribution is -2.47. The van der Waals surface area contributed by atoms with Gasteiger partial charge in [-0.3, -0.25) is 4.79 Å². The van der Waals surface area contributed by atoms with Crippen molar-refractivity contribution in [3.8, 4) is 0 Å². The maximum Gasteiger partial charge on any atom is 0.232 e. The fourth-order valence-corrected chi connectivity index (χ4v) is 3.80. The lowest BCUT2D eigenvalue weighted by molar-refractivity contribution is -0.136. The second-order valence-electron chi connectivity index (χ2n) is 7.35. The number of carbonyl (C=O) groups excluding carboxylic acids is 1. The predicted molar refractivity (Wildman–Crippen MR) is 97.2 cm³/mol. The third kappa shape index (κ3) is 3.72. The van der Waals surface area contributed by atoms with Gasteiger partial charge < -0.3 is 10.2 Å². The van der Waals surface area contributed by atoms with Gasteiger partial charge in [0, 0.05) is 25.2 Å². The predicted octanol–water partition coefficient (Wildman–Crippen LogP) is 3.30. The summed E-state index contributed by atoms with van der Waals surface area (Å²) in [5, 5.41) is 3.65. The molecule has 0 aromatic heterocycles. The van der Waals surface area contributed by atoms with Gasteiger partial charge in [-0.05, 0) is 50.7 Å². The number of likely N-dealkylation sites (tertiary alicyclic amines) is 1. The third-order valence-electron chi connectivity index (χ3n) is 5.43. The van der Waals surface area contributed by atoms with Crippen LogP contribution in [0.2, 0.25) is 0 Å². The Morgan fingerprint density at radius 3 is 2.48 bits per heavy atom. The number of aryl methyl sites for hydroxylation is 1. The molecule has 2 atom stereocenters. The number of nitrogens with zero attached hydrogens (tertiary/aromatic N) is 1. The van der Waals surface area contributed by atoms with Gasteiger partial charge in [0.1, 0.15) is 0 Å². The lowest BCUT2D eigenvalue weighted by Gasteiger charge is -2.33. The maximum absolute atomic E-state index is 13.1. The molecule has 1 N–H and O–H groups in total. The molecule has 3 nitrogen and oxygen atoms in total. The number of halogens is 1. The molecular formula is C19H29ClN2O. The molecule has 2 aliphatic rings. The largest absolute Gasteiger partial charge is 0.340 e. The monoisotopic (exact) mass is 336 g/mol. The molecule has 0 spiro atoms. The van der Waals surface area contributed by atoms with E-state index in [1.165, 1.54) is 18.4 Å². The van der Waals surface area contributed by atoms with E-state index in [9.17, 15) is 4.79 Å². The second kappa shape index (κ2) is 7.23. The van der Waals surface area contributed by atoms with E-state index in [-0.39, 0.29) is 18.3 Å². The highest BCUT2D eigenvalue weighted by Gasteiger charge is 2.37. The van der Waals surface area contributed by atoms with E-state index in [1.807, 2.05) is 0 Å². The molecule has 0 saturated carbocycles. The SMILES string of the molecule is CCc1ccc(C(C)(C)C(=O)N2CCC3CCC(C2)N3)cc1.Cl. The molecule has 2 saturated heterocycles. The van der Waals surface area contributed by atoms with Crippen molar-refractivity contribution in [2.75, 3.05) is 13.1 Å². The molecule has 23 heavy (non-hydrogen) atoms. The van der Waals surface area contributed by atoms with Crippen molar-refractivity contribution >= 4 is 18.3 Å². The van der Waals surface area contributed by atoms with Crippen LogP contribution in [0.15, 0.2) is 24.3 Å². The first-order valence-electron chi connectivity index (χ1n) is 8.65. The van der Waals surface area contributed by atoms with Gasteiger partial charge in [0.2, 0.25) is 5.91 Å². The van der Waals surface area contributed by atoms with Crippen LogP contribution >= 0.6 is 12.4 Å². The summed E-state index contributed by atoms with van der Waals surface area (Å²) in [6, 6.07) is 9.66. The number of benzene rings is 1. The molecule has 3 rings (SSSR count). The minimum atomic E-state index is -0.449. The van der Waals surface area contributed by atoms with E-state index in [0.29, 0.717) is 12.1 Å². The van der Waals surface area contributed by atoms with Gasteiger partial charge in [0.05, 0.1) is 5.41 Å². The summed E-state index contributed by atoms with van der Waals surface area (Å²) in [7, 11) is 0. The number of fused-ring (bicyclic) bond motifs is 2. The first-order valence-corrected chi connectivity index (χ1v) is 8.65. The van der Waals surface area contributed by atoms with Crippen molar-refractivity contribution in [1.82, 2.24) is 10.2 Å². The highest BCUT2D eigenvalue weighted by Crippen LogP contribution is 2.29. The zero-order chi connectivity index (χ0) is 15.7. The van der Waals surface area contributed by atoms with Crippen molar-refractivity contribution in [3.05, 3.63) is 35.4 Å². The molecule has 1 amide bonds. The first-order chi connectivity index (χ1) is 10.5. The average molecular weight is 337 g/mol. The van der Waals surface area contributed by atoms with Crippen molar-refractivity contribution in [3.63, 3.8) is 0 Å². The number of hydrogen-bond acceptors (Lipinski definition) is 2. The standard InChI is InChI=1S/C19H28N2O.ClH/c1-4-14-5-7-15(8-6-14)19(2,3)18(22)21-12-11-16-9-10-17(13-21)20-16;/h5-8,16-17,20H,4,9-13H2,1-3H3;1H. The van der Waals surface area contributed by atoms with E-state index in [0.717, 1.165) is 31.5 Å². The van der Waals surface area contributed by atoms with E-state index >= 15 is 0 Å². The van der Waals surface area contributed by atoms with Gasteiger partial charge in [0.15, 0.2) is 0 Å². The minimum absolute atomic E-state index is 0. The Bertz CT molecular complexity index is 541. The molecule has 128 valence electrons. The molecule has 4 heteroatoms. The molecule has 2 fully saturated rings. The smallest absolute Gasteiger partial charge is 0.232 e. The summed E-state index contributed by atoms with van der Waals surface area (Å²) in [6.45, 7) is 8.04. The Hall–Kier alpha value is -1.06. The molecule has 2 unspecified atom stereocenters. The summed E-state index contributed by atoms with van der Waals surface area (Å²) >= 11 is 0. The fraction of sp³-hybridized carbons (Fsp3) is 0.632. The Morgan fingerprint density at radius 2 is 1.83 bits per heavy atom. The summed E-state index contributed by atoms with van der Waals surface area (Å²) in [6.07, 6.45) is 4.61. The van der Waals surface area contributed by atoms with Crippen LogP contribution in [0, 0.1) is 0 Å². The molecule has 1 aromatic rings. The van der Waals surface area contributed by atoms with E-state index in [2.05, 4.69) is 55.3 Å². The topological polar surface area (TPSA) is 32.3 Å². The Morgan fingerprint density at radius 1 is 1.17 bits per heavy atom. The fourth-order valence-electron chi connectivity index (χ4n) is 3.80. The number of amides is 1. The Labute approximate surface area is 146 Å². The normalized spacial score (nSPS) is 24.0. The summed E-state index contributed by atoms with van der Waals surface area (Å²) in [5.41, 5.74) is 2.00. The van der Waals surface area contributed by atoms with Crippen molar-refractivity contribution < 1.29 is 4.79 Å². The van der Waals surface area contributed by atoms with Crippen LogP contribution in [0.25, 0.3) is 0 Å². The second-order valence-corrected chi connectivity index (χ2v) is 7.35. The highest BCUT2D eigenvalue weighted by molar-refractivity contribution is 5.87. The van der Waals surface area contributed by atoms with Crippen LogP contribution in [0.3, 0.4) is 0 Å². The van der Waals surface area contributed by atoms with Gasteiger partial charge in [-0.15, -0.1) is 12.4 Å². The van der Waals surface area contributed by atoms with Gasteiger partial charge in [-0.25, -0.2) is 0 Å². The summed E-state index contributed by atoms with van der Waals surface area (Å²) < 4.78 is 0. The Balaban J connectivity index is 0.00000192. The number of hydrogen-bond donors (Lipinski definition) is 1. The zero-order valence-electron chi connectivity index (χ0n) is 14.5. The number of carbonyl (C=O) groups is 1. The van der Waals surface area contributed by atoms with E-state index < -0.39 is 5.41 Å². The summed E-state index contributed by atoms with van der Waals surface area (Å²) in [4.78, 5) is 15.2. The zero-order valence-corrected chi connectivity index (χ0v) is 15.3. The molecule has 0 radical (unpaired) electrons. The van der Waals surface area contributed by atoms with Crippen LogP contribution in [-0.4, -0.2) is 36.0 Å². The van der Waals surface area contributed by atoms with Crippen LogP contribution in [0.1, 0.15) is 51.2 Å². The molecule has 1 aromatic carbocycles. The quantitative estimate of drug-likeness (QED) is 0.918. The van der Waals surface area contributed by atoms with Crippen LogP contribution < -0.4 is 5.32 Å². The Kier molecular flexibility index (Phi) is 5.74. The minimum Gasteiger partial charge on any atom is -0.340 e. The van der Waals surface area contributed by atoms with Gasteiger partial charge in [-0.1, -0.05) is 31.2 Å². The number of rotatable bonds is 3. The van der Waals surface area contributed by atoms with Crippen LogP contribution in [0.4, 0.5) is 0 Å². The average Bonchev–Trinajstić information content (AvgIpc) is 2.86. The first kappa shape index (κ1) is 18.3. The van der Waals surface area contributed by atoms with Crippen LogP contribution in [-0.2, 0) is 16.6 Å². The van der Waals surface area contributed by atoms with Crippen molar-refractivity contribution in [1.29, 1.82) is 0 Å². The highest BCUT2D eigenvalue weighted by atomic mass is 35.5. The van der Waals surface area contributed by atoms with Crippen LogP contribution in [0.5, 0.6) is 0 Å². The molecule has 2 bridgehead atoms. The molecular weight excluding hydrogens is 308 g/mol. The van der Waals surface area contributed by atoms with Gasteiger partial charge >= 0.3 is 0 Å². The van der Waals surface area contributed by atoms with E-state index in [1.54, 1.807) is 0 Å². The molecule has 2 heterocycles. The van der Waals surface area contributed by atoms with Crippen molar-refractivity contribution in [2.24, 2.45) is 0 Å². The molecule has 0 aliphatic carbocycles. The van der Waals surface area contributed by atoms with E-state index in [4.69, 9.17) is 0 Å². The maximum atomic E-state index is 13.1. The number of nitrogens with one attached hydrogen (secondary N) is 1. The summed E-state index contributed by atoms with van der Waals surface area (Å²) in [5.74, 6) is 0.270. The third-order valence-corrected chi connectivity index (χ3v) is 5.43. The van der Waals surface area contributed by atoms with Gasteiger partial charge in [0.25, 0.3) is 0 Å². The lowest BCUT2D eigenvalue weighted by atomic mass is 9.82. The van der Waals surface area contributed by atoms with Crippen molar-refractivity contribution in [2.45, 2.75) is 64.0 Å². The van der Waals surface area contributed by atoms with Gasteiger partial charge in [-0.2, -0.15) is 0 Å².